The minimum absolute atomic E-state index is 0.0295. The van der Waals surface area contributed by atoms with Gasteiger partial charge in [0, 0.05) is 42.7 Å². The van der Waals surface area contributed by atoms with Crippen molar-refractivity contribution in [3.8, 4) is 0 Å². The highest BCUT2D eigenvalue weighted by atomic mass is 16.3. The third-order valence-corrected chi connectivity index (χ3v) is 7.87. The summed E-state index contributed by atoms with van der Waals surface area (Å²) in [4.78, 5) is 36.0. The van der Waals surface area contributed by atoms with Crippen LogP contribution in [-0.2, 0) is 13.1 Å². The summed E-state index contributed by atoms with van der Waals surface area (Å²) in [5, 5.41) is 3.96. The number of pyridine rings is 1. The normalized spacial score (nSPS) is 17.1. The van der Waals surface area contributed by atoms with Gasteiger partial charge in [-0.1, -0.05) is 44.4 Å². The molecule has 3 aromatic rings. The van der Waals surface area contributed by atoms with Crippen molar-refractivity contribution in [2.75, 3.05) is 13.1 Å². The SMILES string of the molecule is CC[C@@H](C)N(CCNC(=O)c1c2c(nc3ccccc13)C(=O)N(C1CCCCC1)C2)Cc1ccco1. The number of nitrogens with one attached hydrogen (secondary N) is 1. The molecule has 1 aromatic carbocycles. The zero-order chi connectivity index (χ0) is 25.1. The van der Waals surface area contributed by atoms with Crippen molar-refractivity contribution in [3.05, 3.63) is 65.2 Å². The first-order valence-corrected chi connectivity index (χ1v) is 13.3. The lowest BCUT2D eigenvalue weighted by atomic mass is 9.94. The summed E-state index contributed by atoms with van der Waals surface area (Å²) in [6, 6.07) is 12.1. The van der Waals surface area contributed by atoms with Crippen molar-refractivity contribution in [3.63, 3.8) is 0 Å². The molecule has 2 amide bonds. The van der Waals surface area contributed by atoms with Gasteiger partial charge in [-0.3, -0.25) is 14.5 Å². The quantitative estimate of drug-likeness (QED) is 0.451. The molecule has 1 fully saturated rings. The average Bonchev–Trinajstić information content (AvgIpc) is 3.54. The van der Waals surface area contributed by atoms with E-state index in [1.807, 2.05) is 41.3 Å². The summed E-state index contributed by atoms with van der Waals surface area (Å²) < 4.78 is 5.55. The minimum atomic E-state index is -0.134. The summed E-state index contributed by atoms with van der Waals surface area (Å²) >= 11 is 0. The van der Waals surface area contributed by atoms with E-state index < -0.39 is 0 Å². The molecule has 36 heavy (non-hydrogen) atoms. The van der Waals surface area contributed by atoms with E-state index in [0.717, 1.165) is 48.8 Å². The number of carbonyl (C=O) groups excluding carboxylic acids is 2. The molecule has 1 atom stereocenters. The number of benzene rings is 1. The van der Waals surface area contributed by atoms with Crippen LogP contribution in [0.3, 0.4) is 0 Å². The van der Waals surface area contributed by atoms with Crippen LogP contribution in [0.5, 0.6) is 0 Å². The molecule has 0 saturated heterocycles. The molecule has 1 aliphatic carbocycles. The molecule has 1 N–H and O–H groups in total. The lowest BCUT2D eigenvalue weighted by Crippen LogP contribution is -2.39. The molecule has 0 bridgehead atoms. The molecule has 2 aliphatic rings. The Hall–Kier alpha value is -3.19. The van der Waals surface area contributed by atoms with E-state index in [1.165, 1.54) is 6.42 Å². The summed E-state index contributed by atoms with van der Waals surface area (Å²) in [5.74, 6) is 0.754. The first-order valence-electron chi connectivity index (χ1n) is 13.3. The number of fused-ring (bicyclic) bond motifs is 2. The van der Waals surface area contributed by atoms with Crippen molar-refractivity contribution in [1.82, 2.24) is 20.1 Å². The zero-order valence-corrected chi connectivity index (χ0v) is 21.3. The first-order chi connectivity index (χ1) is 17.6. The number of para-hydroxylation sites is 1. The number of hydrogen-bond acceptors (Lipinski definition) is 5. The second-order valence-corrected chi connectivity index (χ2v) is 10.1. The Labute approximate surface area is 212 Å². The van der Waals surface area contributed by atoms with Crippen LogP contribution in [0.1, 0.15) is 84.5 Å². The maximum Gasteiger partial charge on any atom is 0.273 e. The lowest BCUT2D eigenvalue weighted by Gasteiger charge is -2.30. The Bertz CT molecular complexity index is 1220. The van der Waals surface area contributed by atoms with E-state index in [1.54, 1.807) is 6.26 Å². The third kappa shape index (κ3) is 4.89. The van der Waals surface area contributed by atoms with Crippen LogP contribution < -0.4 is 5.32 Å². The Balaban J connectivity index is 1.37. The number of amides is 2. The molecule has 7 nitrogen and oxygen atoms in total. The molecule has 190 valence electrons. The van der Waals surface area contributed by atoms with Crippen LogP contribution in [0, 0.1) is 0 Å². The van der Waals surface area contributed by atoms with Gasteiger partial charge < -0.3 is 14.6 Å². The van der Waals surface area contributed by atoms with Gasteiger partial charge in [0.05, 0.1) is 23.9 Å². The fourth-order valence-corrected chi connectivity index (χ4v) is 5.63. The summed E-state index contributed by atoms with van der Waals surface area (Å²) in [6.07, 6.45) is 8.30. The van der Waals surface area contributed by atoms with Crippen LogP contribution >= 0.6 is 0 Å². The number of rotatable bonds is 9. The molecule has 1 saturated carbocycles. The van der Waals surface area contributed by atoms with Crippen molar-refractivity contribution < 1.29 is 14.0 Å². The van der Waals surface area contributed by atoms with E-state index in [9.17, 15) is 9.59 Å². The first kappa shape index (κ1) is 24.5. The zero-order valence-electron chi connectivity index (χ0n) is 21.3. The van der Waals surface area contributed by atoms with Gasteiger partial charge in [0.15, 0.2) is 0 Å². The van der Waals surface area contributed by atoms with E-state index in [0.29, 0.717) is 49.0 Å². The summed E-state index contributed by atoms with van der Waals surface area (Å²) in [6.45, 7) is 6.75. The van der Waals surface area contributed by atoms with Gasteiger partial charge in [-0.05, 0) is 44.4 Å². The van der Waals surface area contributed by atoms with Gasteiger partial charge >= 0.3 is 0 Å². The van der Waals surface area contributed by atoms with E-state index in [4.69, 9.17) is 9.40 Å². The van der Waals surface area contributed by atoms with Crippen LogP contribution in [0.25, 0.3) is 10.9 Å². The van der Waals surface area contributed by atoms with E-state index >= 15 is 0 Å². The predicted molar refractivity (Wildman–Crippen MR) is 140 cm³/mol. The number of carbonyl (C=O) groups is 2. The summed E-state index contributed by atoms with van der Waals surface area (Å²) in [5.41, 5.74) is 2.52. The maximum absolute atomic E-state index is 13.6. The fourth-order valence-electron chi connectivity index (χ4n) is 5.63. The molecule has 7 heteroatoms. The van der Waals surface area contributed by atoms with E-state index in [2.05, 4.69) is 24.1 Å². The molecule has 0 unspecified atom stereocenters. The molecular weight excluding hydrogens is 452 g/mol. The maximum atomic E-state index is 13.6. The van der Waals surface area contributed by atoms with Gasteiger partial charge in [0.2, 0.25) is 0 Å². The Kier molecular flexibility index (Phi) is 7.37. The smallest absolute Gasteiger partial charge is 0.273 e. The second kappa shape index (κ2) is 10.8. The van der Waals surface area contributed by atoms with Gasteiger partial charge in [0.1, 0.15) is 11.5 Å². The molecule has 5 rings (SSSR count). The monoisotopic (exact) mass is 488 g/mol. The number of aromatic nitrogens is 1. The predicted octanol–water partition coefficient (Wildman–Crippen LogP) is 5.15. The van der Waals surface area contributed by atoms with Crippen molar-refractivity contribution in [2.24, 2.45) is 0 Å². The van der Waals surface area contributed by atoms with E-state index in [-0.39, 0.29) is 17.9 Å². The lowest BCUT2D eigenvalue weighted by molar-refractivity contribution is 0.0655. The number of nitrogens with zero attached hydrogens (tertiary/aromatic N) is 3. The van der Waals surface area contributed by atoms with Crippen molar-refractivity contribution in [1.29, 1.82) is 0 Å². The highest BCUT2D eigenvalue weighted by molar-refractivity contribution is 6.11. The number of furan rings is 1. The van der Waals surface area contributed by atoms with Gasteiger partial charge in [-0.2, -0.15) is 0 Å². The van der Waals surface area contributed by atoms with Gasteiger partial charge in [0.25, 0.3) is 11.8 Å². The molecule has 0 radical (unpaired) electrons. The summed E-state index contributed by atoms with van der Waals surface area (Å²) in [7, 11) is 0. The van der Waals surface area contributed by atoms with Crippen LogP contribution in [0.2, 0.25) is 0 Å². The Morgan fingerprint density at radius 3 is 2.75 bits per heavy atom. The second-order valence-electron chi connectivity index (χ2n) is 10.1. The largest absolute Gasteiger partial charge is 0.468 e. The Morgan fingerprint density at radius 1 is 1.19 bits per heavy atom. The molecule has 1 aliphatic heterocycles. The molecule has 3 heterocycles. The van der Waals surface area contributed by atoms with Crippen LogP contribution in [-0.4, -0.2) is 51.8 Å². The molecular formula is C29H36N4O3. The standard InChI is InChI=1S/C29H36N4O3/c1-3-20(2)32(18-22-12-9-17-36-22)16-15-30-28(34)26-23-13-7-8-14-25(23)31-27-24(26)19-33(29(27)35)21-10-5-4-6-11-21/h7-9,12-14,17,20-21H,3-6,10-11,15-16,18-19H2,1-2H3,(H,30,34)/t20-/m1/s1. The number of hydrogen-bond donors (Lipinski definition) is 1. The third-order valence-electron chi connectivity index (χ3n) is 7.87. The van der Waals surface area contributed by atoms with Gasteiger partial charge in [-0.15, -0.1) is 0 Å². The molecule has 2 aromatic heterocycles. The molecule has 0 spiro atoms. The van der Waals surface area contributed by atoms with Crippen LogP contribution in [0.15, 0.2) is 47.1 Å². The van der Waals surface area contributed by atoms with Crippen molar-refractivity contribution >= 4 is 22.7 Å². The highest BCUT2D eigenvalue weighted by Gasteiger charge is 2.38. The highest BCUT2D eigenvalue weighted by Crippen LogP contribution is 2.34. The Morgan fingerprint density at radius 2 is 2.00 bits per heavy atom. The van der Waals surface area contributed by atoms with Crippen LogP contribution in [0.4, 0.5) is 0 Å². The average molecular weight is 489 g/mol. The van der Waals surface area contributed by atoms with Crippen molar-refractivity contribution in [2.45, 2.75) is 77.5 Å². The van der Waals surface area contributed by atoms with Gasteiger partial charge in [-0.25, -0.2) is 4.98 Å². The topological polar surface area (TPSA) is 78.7 Å². The minimum Gasteiger partial charge on any atom is -0.468 e. The fraction of sp³-hybridized carbons (Fsp3) is 0.483.